The second-order valence-corrected chi connectivity index (χ2v) is 9.40. The van der Waals surface area contributed by atoms with Gasteiger partial charge < -0.3 is 21.1 Å². The van der Waals surface area contributed by atoms with E-state index in [0.717, 1.165) is 28.1 Å². The summed E-state index contributed by atoms with van der Waals surface area (Å²) in [7, 11) is 0. The van der Waals surface area contributed by atoms with Crippen molar-refractivity contribution >= 4 is 40.7 Å². The van der Waals surface area contributed by atoms with Gasteiger partial charge in [0.15, 0.2) is 0 Å². The zero-order valence-electron chi connectivity index (χ0n) is 20.6. The summed E-state index contributed by atoms with van der Waals surface area (Å²) in [4.78, 5) is 16.6. The molecular weight excluding hydrogens is 535 g/mol. The smallest absolute Gasteiger partial charge is 0.319 e. The average Bonchev–Trinajstić information content (AvgIpc) is 3.40. The molecule has 0 saturated heterocycles. The molecule has 5 rings (SSSR count). The van der Waals surface area contributed by atoms with E-state index in [-0.39, 0.29) is 11.8 Å². The monoisotopic (exact) mass is 558 g/mol. The maximum absolute atomic E-state index is 12.2. The van der Waals surface area contributed by atoms with Gasteiger partial charge in [-0.05, 0) is 60.2 Å². The van der Waals surface area contributed by atoms with Gasteiger partial charge in [-0.25, -0.2) is 14.5 Å². The van der Waals surface area contributed by atoms with E-state index in [1.807, 2.05) is 59.4 Å². The topological polar surface area (TPSA) is 104 Å². The molecule has 4 N–H and O–H groups in total. The van der Waals surface area contributed by atoms with E-state index in [0.29, 0.717) is 34.6 Å². The van der Waals surface area contributed by atoms with Crippen LogP contribution in [0.3, 0.4) is 0 Å². The van der Waals surface area contributed by atoms with Crippen LogP contribution in [0.1, 0.15) is 0 Å². The molecule has 2 amide bonds. The van der Waals surface area contributed by atoms with Crippen molar-refractivity contribution in [2.45, 2.75) is 0 Å². The first-order chi connectivity index (χ1) is 19.0. The van der Waals surface area contributed by atoms with Gasteiger partial charge in [-0.2, -0.15) is 5.10 Å². The van der Waals surface area contributed by atoms with Crippen molar-refractivity contribution in [1.29, 1.82) is 0 Å². The van der Waals surface area contributed by atoms with Gasteiger partial charge in [-0.15, -0.1) is 0 Å². The second kappa shape index (κ2) is 11.9. The number of hydrogen-bond acceptors (Lipinski definition) is 5. The van der Waals surface area contributed by atoms with Crippen LogP contribution in [0.5, 0.6) is 5.75 Å². The highest BCUT2D eigenvalue weighted by atomic mass is 35.5. The summed E-state index contributed by atoms with van der Waals surface area (Å²) >= 11 is 11.9. The number of phenols is 1. The van der Waals surface area contributed by atoms with Crippen molar-refractivity contribution in [3.05, 3.63) is 107 Å². The van der Waals surface area contributed by atoms with Crippen LogP contribution in [0.4, 0.5) is 16.3 Å². The molecule has 3 aromatic carbocycles. The van der Waals surface area contributed by atoms with Gasteiger partial charge in [0.1, 0.15) is 17.3 Å². The third kappa shape index (κ3) is 6.49. The molecule has 0 fully saturated rings. The molecule has 10 heteroatoms. The van der Waals surface area contributed by atoms with Crippen molar-refractivity contribution in [3.8, 4) is 33.8 Å². The molecule has 0 aliphatic carbocycles. The number of carbonyl (C=O) groups is 1. The fourth-order valence-electron chi connectivity index (χ4n) is 3.98. The van der Waals surface area contributed by atoms with Gasteiger partial charge in [0, 0.05) is 42.3 Å². The molecule has 5 aromatic rings. The Balaban J connectivity index is 1.29. The third-order valence-electron chi connectivity index (χ3n) is 5.82. The third-order valence-corrected chi connectivity index (χ3v) is 6.56. The predicted octanol–water partition coefficient (Wildman–Crippen LogP) is 6.85. The summed E-state index contributed by atoms with van der Waals surface area (Å²) in [5.74, 6) is 0.814. The summed E-state index contributed by atoms with van der Waals surface area (Å²) < 4.78 is 1.82. The van der Waals surface area contributed by atoms with Crippen LogP contribution >= 0.6 is 23.2 Å². The number of halogens is 2. The molecule has 0 saturated carbocycles. The van der Waals surface area contributed by atoms with Gasteiger partial charge in [0.25, 0.3) is 0 Å². The maximum Gasteiger partial charge on any atom is 0.319 e. The number of aromatic nitrogens is 3. The van der Waals surface area contributed by atoms with Crippen molar-refractivity contribution < 1.29 is 9.90 Å². The number of nitrogens with zero attached hydrogens (tertiary/aromatic N) is 3. The van der Waals surface area contributed by atoms with E-state index >= 15 is 0 Å². The van der Waals surface area contributed by atoms with Crippen molar-refractivity contribution in [2.75, 3.05) is 23.7 Å². The number of benzene rings is 3. The molecule has 0 unspecified atom stereocenters. The molecule has 2 heterocycles. The van der Waals surface area contributed by atoms with Crippen LogP contribution in [0.2, 0.25) is 10.0 Å². The normalized spacial score (nSPS) is 10.7. The van der Waals surface area contributed by atoms with Crippen LogP contribution in [0.25, 0.3) is 28.1 Å². The first kappa shape index (κ1) is 26.1. The Morgan fingerprint density at radius 1 is 0.872 bits per heavy atom. The fraction of sp³-hybridized carbons (Fsp3) is 0.0690. The number of pyridine rings is 1. The van der Waals surface area contributed by atoms with E-state index in [9.17, 15) is 9.90 Å². The second-order valence-electron chi connectivity index (χ2n) is 8.59. The lowest BCUT2D eigenvalue weighted by atomic mass is 10.0. The van der Waals surface area contributed by atoms with Gasteiger partial charge in [-0.3, -0.25) is 0 Å². The van der Waals surface area contributed by atoms with Crippen LogP contribution < -0.4 is 16.0 Å². The molecule has 8 nitrogen and oxygen atoms in total. The fourth-order valence-corrected chi connectivity index (χ4v) is 4.27. The number of urea groups is 1. The average molecular weight is 559 g/mol. The zero-order chi connectivity index (χ0) is 27.2. The van der Waals surface area contributed by atoms with E-state index in [2.05, 4.69) is 20.9 Å². The highest BCUT2D eigenvalue weighted by molar-refractivity contribution is 6.42. The lowest BCUT2D eigenvalue weighted by Gasteiger charge is -2.10. The summed E-state index contributed by atoms with van der Waals surface area (Å²) in [6.07, 6.45) is 3.68. The van der Waals surface area contributed by atoms with Crippen LogP contribution in [-0.2, 0) is 0 Å². The van der Waals surface area contributed by atoms with Gasteiger partial charge >= 0.3 is 6.03 Å². The van der Waals surface area contributed by atoms with Crippen molar-refractivity contribution in [3.63, 3.8) is 0 Å². The van der Waals surface area contributed by atoms with Crippen LogP contribution in [-0.4, -0.2) is 39.0 Å². The Kier molecular flexibility index (Phi) is 7.96. The SMILES string of the molecule is O=C(NCCNc1cc(-c2cn(-c3ccccc3)nc2-c2cccc(O)c2)ccn1)Nc1ccc(Cl)c(Cl)c1. The Labute approximate surface area is 235 Å². The highest BCUT2D eigenvalue weighted by Gasteiger charge is 2.15. The van der Waals surface area contributed by atoms with E-state index < -0.39 is 0 Å². The Morgan fingerprint density at radius 3 is 2.51 bits per heavy atom. The molecule has 2 aromatic heterocycles. The number of amides is 2. The van der Waals surface area contributed by atoms with Crippen molar-refractivity contribution in [2.24, 2.45) is 0 Å². The summed E-state index contributed by atoms with van der Waals surface area (Å²) in [5, 5.41) is 24.4. The number of nitrogens with one attached hydrogen (secondary N) is 3. The first-order valence-corrected chi connectivity index (χ1v) is 12.9. The minimum atomic E-state index is -0.360. The molecule has 0 atom stereocenters. The Hall–Kier alpha value is -4.53. The molecule has 0 spiro atoms. The number of hydrogen-bond donors (Lipinski definition) is 4. The molecule has 0 aliphatic rings. The van der Waals surface area contributed by atoms with Crippen LogP contribution in [0.15, 0.2) is 97.3 Å². The van der Waals surface area contributed by atoms with E-state index in [1.165, 1.54) is 0 Å². The number of anilines is 2. The minimum absolute atomic E-state index is 0.167. The van der Waals surface area contributed by atoms with Gasteiger partial charge in [-0.1, -0.05) is 53.5 Å². The molecule has 0 radical (unpaired) electrons. The number of phenolic OH excluding ortho intramolecular Hbond substituents is 1. The first-order valence-electron chi connectivity index (χ1n) is 12.1. The Morgan fingerprint density at radius 2 is 1.72 bits per heavy atom. The zero-order valence-corrected chi connectivity index (χ0v) is 22.1. The summed E-state index contributed by atoms with van der Waals surface area (Å²) in [5.41, 5.74) is 4.77. The molecular formula is C29H24Cl2N6O2. The molecule has 39 heavy (non-hydrogen) atoms. The molecule has 0 bridgehead atoms. The van der Waals surface area contributed by atoms with Gasteiger partial charge in [0.2, 0.25) is 0 Å². The minimum Gasteiger partial charge on any atom is -0.508 e. The number of carbonyl (C=O) groups excluding carboxylic acids is 1. The molecule has 0 aliphatic heterocycles. The standard InChI is InChI=1S/C29H24Cl2N6O2/c30-25-10-9-21(17-26(25)31)35-29(39)34-14-13-33-27-16-19(11-12-32-27)24-18-37(22-6-2-1-3-7-22)36-28(24)20-5-4-8-23(38)15-20/h1-12,15-18,38H,13-14H2,(H,32,33)(H2,34,35,39). The van der Waals surface area contributed by atoms with Crippen LogP contribution in [0, 0.1) is 0 Å². The Bertz CT molecular complexity index is 1610. The predicted molar refractivity (Wildman–Crippen MR) is 156 cm³/mol. The number of rotatable bonds is 8. The molecule has 196 valence electrons. The quantitative estimate of drug-likeness (QED) is 0.156. The summed E-state index contributed by atoms with van der Waals surface area (Å²) in [6, 6.07) is 25.2. The summed E-state index contributed by atoms with van der Waals surface area (Å²) in [6.45, 7) is 0.813. The lowest BCUT2D eigenvalue weighted by molar-refractivity contribution is 0.252. The maximum atomic E-state index is 12.2. The van der Waals surface area contributed by atoms with E-state index in [4.69, 9.17) is 28.3 Å². The van der Waals surface area contributed by atoms with E-state index in [1.54, 1.807) is 42.6 Å². The number of aromatic hydroxyl groups is 1. The number of para-hydroxylation sites is 1. The highest BCUT2D eigenvalue weighted by Crippen LogP contribution is 2.34. The largest absolute Gasteiger partial charge is 0.508 e. The van der Waals surface area contributed by atoms with Crippen molar-refractivity contribution in [1.82, 2.24) is 20.1 Å². The van der Waals surface area contributed by atoms with Gasteiger partial charge in [0.05, 0.1) is 15.7 Å². The lowest BCUT2D eigenvalue weighted by Crippen LogP contribution is -2.32.